The van der Waals surface area contributed by atoms with E-state index < -0.39 is 32.7 Å². The Morgan fingerprint density at radius 2 is 1.83 bits per heavy atom. The summed E-state index contributed by atoms with van der Waals surface area (Å²) in [5, 5.41) is 6.94. The first-order chi connectivity index (χ1) is 14.2. The van der Waals surface area contributed by atoms with E-state index in [1.54, 1.807) is 25.2 Å². The normalized spacial score (nSPS) is 14.1. The summed E-state index contributed by atoms with van der Waals surface area (Å²) in [4.78, 5) is 14.7. The molecule has 2 rings (SSSR count). The van der Waals surface area contributed by atoms with Crippen molar-refractivity contribution < 1.29 is 17.6 Å². The van der Waals surface area contributed by atoms with E-state index in [0.29, 0.717) is 6.54 Å². The van der Waals surface area contributed by atoms with E-state index in [-0.39, 0.29) is 12.0 Å². The maximum Gasteiger partial charge on any atom is 0.244 e. The monoisotopic (exact) mass is 455 g/mol. The highest BCUT2D eigenvalue weighted by molar-refractivity contribution is 7.89. The highest BCUT2D eigenvalue weighted by atomic mass is 32.2. The van der Waals surface area contributed by atoms with E-state index in [4.69, 9.17) is 0 Å². The molecule has 6 nitrogen and oxygen atoms in total. The van der Waals surface area contributed by atoms with Crippen LogP contribution in [-0.2, 0) is 14.8 Å². The van der Waals surface area contributed by atoms with E-state index in [9.17, 15) is 17.6 Å². The predicted octanol–water partition coefficient (Wildman–Crippen LogP) is 3.39. The molecule has 1 amide bonds. The van der Waals surface area contributed by atoms with Crippen LogP contribution in [-0.4, -0.2) is 44.9 Å². The largest absolute Gasteiger partial charge is 0.353 e. The number of hydrogen-bond acceptors (Lipinski definition) is 5. The van der Waals surface area contributed by atoms with E-state index >= 15 is 0 Å². The van der Waals surface area contributed by atoms with Crippen molar-refractivity contribution in [2.75, 3.05) is 19.6 Å². The summed E-state index contributed by atoms with van der Waals surface area (Å²) in [6.45, 7) is 9.60. The van der Waals surface area contributed by atoms with Gasteiger partial charge in [-0.25, -0.2) is 12.8 Å². The van der Waals surface area contributed by atoms with E-state index in [2.05, 4.69) is 34.2 Å². The lowest BCUT2D eigenvalue weighted by Crippen LogP contribution is -2.51. The molecule has 166 valence electrons. The third kappa shape index (κ3) is 6.10. The number of sulfonamides is 1. The Balaban J connectivity index is 2.16. The zero-order chi connectivity index (χ0) is 22.3. The van der Waals surface area contributed by atoms with Crippen LogP contribution in [0.2, 0.25) is 0 Å². The molecule has 0 saturated carbocycles. The van der Waals surface area contributed by atoms with Gasteiger partial charge >= 0.3 is 0 Å². The molecule has 1 heterocycles. The third-order valence-electron chi connectivity index (χ3n) is 5.01. The first-order valence-electron chi connectivity index (χ1n) is 10.0. The second-order valence-corrected chi connectivity index (χ2v) is 9.77. The molecule has 1 aromatic carbocycles. The van der Waals surface area contributed by atoms with E-state index in [1.165, 1.54) is 18.2 Å². The van der Waals surface area contributed by atoms with Crippen molar-refractivity contribution in [2.24, 2.45) is 5.92 Å². The van der Waals surface area contributed by atoms with Gasteiger partial charge < -0.3 is 5.32 Å². The Morgan fingerprint density at radius 1 is 1.17 bits per heavy atom. The second-order valence-electron chi connectivity index (χ2n) is 7.31. The van der Waals surface area contributed by atoms with Crippen LogP contribution >= 0.6 is 11.3 Å². The van der Waals surface area contributed by atoms with Crippen LogP contribution in [0.5, 0.6) is 0 Å². The first kappa shape index (κ1) is 24.5. The molecule has 0 bridgehead atoms. The van der Waals surface area contributed by atoms with Crippen LogP contribution in [0.4, 0.5) is 4.39 Å². The fourth-order valence-corrected chi connectivity index (χ4v) is 5.41. The maximum atomic E-state index is 14.0. The van der Waals surface area contributed by atoms with Crippen LogP contribution < -0.4 is 10.0 Å². The molecular formula is C21H30FN3O3S2. The summed E-state index contributed by atoms with van der Waals surface area (Å²) >= 11 is 1.59. The van der Waals surface area contributed by atoms with Crippen LogP contribution in [0.15, 0.2) is 46.0 Å². The Bertz CT molecular complexity index is 913. The lowest BCUT2D eigenvalue weighted by Gasteiger charge is -2.30. The van der Waals surface area contributed by atoms with Gasteiger partial charge in [0.25, 0.3) is 0 Å². The minimum atomic E-state index is -4.18. The van der Waals surface area contributed by atoms with Gasteiger partial charge in [-0.05, 0) is 53.5 Å². The lowest BCUT2D eigenvalue weighted by atomic mass is 10.0. The van der Waals surface area contributed by atoms with Crippen molar-refractivity contribution in [1.82, 2.24) is 14.9 Å². The van der Waals surface area contributed by atoms with Gasteiger partial charge in [-0.15, -0.1) is 0 Å². The van der Waals surface area contributed by atoms with Crippen LogP contribution in [0.3, 0.4) is 0 Å². The fraction of sp³-hybridized carbons (Fsp3) is 0.476. The number of carbonyl (C=O) groups is 1. The molecule has 0 aliphatic carbocycles. The van der Waals surface area contributed by atoms with Crippen LogP contribution in [0, 0.1) is 11.7 Å². The van der Waals surface area contributed by atoms with Crippen molar-refractivity contribution in [3.8, 4) is 0 Å². The zero-order valence-corrected chi connectivity index (χ0v) is 19.4. The minimum Gasteiger partial charge on any atom is -0.353 e. The summed E-state index contributed by atoms with van der Waals surface area (Å²) in [6.07, 6.45) is 0. The molecule has 0 aliphatic heterocycles. The highest BCUT2D eigenvalue weighted by Gasteiger charge is 2.30. The van der Waals surface area contributed by atoms with E-state index in [1.807, 2.05) is 11.4 Å². The van der Waals surface area contributed by atoms with Crippen molar-refractivity contribution >= 4 is 27.3 Å². The summed E-state index contributed by atoms with van der Waals surface area (Å²) in [7, 11) is -4.18. The molecule has 9 heteroatoms. The molecule has 2 atom stereocenters. The second kappa shape index (κ2) is 11.0. The predicted molar refractivity (Wildman–Crippen MR) is 118 cm³/mol. The van der Waals surface area contributed by atoms with Gasteiger partial charge in [0.05, 0.1) is 6.04 Å². The number of amides is 1. The molecule has 30 heavy (non-hydrogen) atoms. The average Bonchev–Trinajstić information content (AvgIpc) is 3.23. The number of nitrogens with zero attached hydrogens (tertiary/aromatic N) is 1. The molecule has 0 saturated heterocycles. The number of halogens is 1. The highest BCUT2D eigenvalue weighted by Crippen LogP contribution is 2.22. The molecule has 2 N–H and O–H groups in total. The standard InChI is InChI=1S/C21H30FN3O3S2/c1-5-25(6-2)18(16-11-12-29-14-16)13-23-21(26)20(15(3)4)24-30(27,28)19-10-8-7-9-17(19)22/h7-12,14-15,18,20,24H,5-6,13H2,1-4H3,(H,23,26)/t18?,20-/m0/s1. The molecule has 0 radical (unpaired) electrons. The van der Waals surface area contributed by atoms with Gasteiger partial charge in [-0.3, -0.25) is 9.69 Å². The number of likely N-dealkylation sites (N-methyl/N-ethyl adjacent to an activating group) is 1. The number of hydrogen-bond donors (Lipinski definition) is 2. The molecule has 0 fully saturated rings. The maximum absolute atomic E-state index is 14.0. The van der Waals surface area contributed by atoms with Crippen LogP contribution in [0.1, 0.15) is 39.3 Å². The smallest absolute Gasteiger partial charge is 0.244 e. The zero-order valence-electron chi connectivity index (χ0n) is 17.8. The number of rotatable bonds is 11. The average molecular weight is 456 g/mol. The van der Waals surface area contributed by atoms with Crippen molar-refractivity contribution in [3.63, 3.8) is 0 Å². The summed E-state index contributed by atoms with van der Waals surface area (Å²) in [5.74, 6) is -1.61. The van der Waals surface area contributed by atoms with Gasteiger partial charge in [-0.2, -0.15) is 16.1 Å². The summed E-state index contributed by atoms with van der Waals surface area (Å²) < 4.78 is 41.7. The van der Waals surface area contributed by atoms with Gasteiger partial charge in [0.2, 0.25) is 15.9 Å². The fourth-order valence-electron chi connectivity index (χ4n) is 3.28. The van der Waals surface area contributed by atoms with Crippen molar-refractivity contribution in [2.45, 2.75) is 44.7 Å². The quantitative estimate of drug-likeness (QED) is 0.544. The minimum absolute atomic E-state index is 0.00816. The molecule has 1 aromatic heterocycles. The number of benzene rings is 1. The molecule has 2 aromatic rings. The van der Waals surface area contributed by atoms with Gasteiger partial charge in [-0.1, -0.05) is 39.8 Å². The van der Waals surface area contributed by atoms with Gasteiger partial charge in [0, 0.05) is 6.54 Å². The topological polar surface area (TPSA) is 78.5 Å². The van der Waals surface area contributed by atoms with Crippen molar-refractivity contribution in [1.29, 1.82) is 0 Å². The Hall–Kier alpha value is -1.81. The van der Waals surface area contributed by atoms with Crippen molar-refractivity contribution in [3.05, 3.63) is 52.5 Å². The number of nitrogens with one attached hydrogen (secondary N) is 2. The van der Waals surface area contributed by atoms with Gasteiger partial charge in [0.1, 0.15) is 16.8 Å². The molecular weight excluding hydrogens is 425 g/mol. The molecule has 0 spiro atoms. The Morgan fingerprint density at radius 3 is 2.37 bits per heavy atom. The number of carbonyl (C=O) groups excluding carboxylic acids is 1. The Labute approximate surface area is 182 Å². The summed E-state index contributed by atoms with van der Waals surface area (Å²) in [5.41, 5.74) is 1.11. The Kier molecular flexibility index (Phi) is 8.96. The first-order valence-corrected chi connectivity index (χ1v) is 12.4. The lowest BCUT2D eigenvalue weighted by molar-refractivity contribution is -0.123. The van der Waals surface area contributed by atoms with Gasteiger partial charge in [0.15, 0.2) is 0 Å². The number of thiophene rings is 1. The van der Waals surface area contributed by atoms with E-state index in [0.717, 1.165) is 24.7 Å². The SMILES string of the molecule is CCN(CC)C(CNC(=O)[C@@H](NS(=O)(=O)c1ccccc1F)C(C)C)c1ccsc1. The summed E-state index contributed by atoms with van der Waals surface area (Å²) in [6, 6.07) is 6.12. The molecule has 0 aliphatic rings. The third-order valence-corrected chi connectivity index (χ3v) is 7.18. The molecule has 1 unspecified atom stereocenters. The van der Waals surface area contributed by atoms with Crippen LogP contribution in [0.25, 0.3) is 0 Å².